The number of rotatable bonds is 1. The molecule has 2 rings (SSSR count). The Morgan fingerprint density at radius 2 is 2.17 bits per heavy atom. The van der Waals surface area contributed by atoms with Crippen LogP contribution in [0.3, 0.4) is 0 Å². The Morgan fingerprint density at radius 1 is 1.39 bits per heavy atom. The highest BCUT2D eigenvalue weighted by Crippen LogP contribution is 2.22. The number of hydrogen-bond acceptors (Lipinski definition) is 4. The summed E-state index contributed by atoms with van der Waals surface area (Å²) >= 11 is 0. The van der Waals surface area contributed by atoms with Crippen molar-refractivity contribution in [3.8, 4) is 5.75 Å². The maximum Gasteiger partial charge on any atom is 0.255 e. The Labute approximate surface area is 106 Å². The number of nitrogens with zero attached hydrogens (tertiary/aromatic N) is 2. The van der Waals surface area contributed by atoms with Gasteiger partial charge in [-0.15, -0.1) is 0 Å². The first-order chi connectivity index (χ1) is 8.48. The van der Waals surface area contributed by atoms with Crippen molar-refractivity contribution in [1.29, 1.82) is 0 Å². The van der Waals surface area contributed by atoms with Gasteiger partial charge in [0.25, 0.3) is 5.91 Å². The molecule has 0 radical (unpaired) electrons. The molecule has 1 amide bonds. The number of amides is 1. The first-order valence-electron chi connectivity index (χ1n) is 6.14. The Morgan fingerprint density at radius 3 is 2.89 bits per heavy atom. The number of pyridine rings is 1. The van der Waals surface area contributed by atoms with Gasteiger partial charge < -0.3 is 15.1 Å². The van der Waals surface area contributed by atoms with Crippen LogP contribution in [-0.2, 0) is 0 Å². The second-order valence-corrected chi connectivity index (χ2v) is 5.07. The van der Waals surface area contributed by atoms with E-state index in [1.165, 1.54) is 18.5 Å². The van der Waals surface area contributed by atoms with Gasteiger partial charge in [-0.25, -0.2) is 0 Å². The summed E-state index contributed by atoms with van der Waals surface area (Å²) in [7, 11) is 0. The van der Waals surface area contributed by atoms with Gasteiger partial charge >= 0.3 is 0 Å². The molecule has 1 aromatic heterocycles. The number of hydrogen-bond donors (Lipinski definition) is 2. The molecule has 1 saturated heterocycles. The summed E-state index contributed by atoms with van der Waals surface area (Å²) in [6.07, 6.45) is 4.81. The maximum atomic E-state index is 12.2. The standard InChI is InChI=1S/C13H18N2O3/c1-13(18)3-2-5-15(6-4-13)12(17)10-7-11(16)9-14-8-10/h7-9,16,18H,2-6H2,1H3. The monoisotopic (exact) mass is 250 g/mol. The number of carbonyl (C=O) groups excluding carboxylic acids is 1. The van der Waals surface area contributed by atoms with Crippen LogP contribution in [0, 0.1) is 0 Å². The van der Waals surface area contributed by atoms with Crippen molar-refractivity contribution in [3.05, 3.63) is 24.0 Å². The van der Waals surface area contributed by atoms with Crippen LogP contribution in [0.4, 0.5) is 0 Å². The fourth-order valence-electron chi connectivity index (χ4n) is 2.19. The van der Waals surface area contributed by atoms with Crippen molar-refractivity contribution < 1.29 is 15.0 Å². The van der Waals surface area contributed by atoms with Crippen LogP contribution in [0.15, 0.2) is 18.5 Å². The van der Waals surface area contributed by atoms with Crippen molar-refractivity contribution in [2.75, 3.05) is 13.1 Å². The molecule has 0 saturated carbocycles. The van der Waals surface area contributed by atoms with Crippen LogP contribution in [0.2, 0.25) is 0 Å². The number of aromatic hydroxyl groups is 1. The first-order valence-corrected chi connectivity index (χ1v) is 6.14. The summed E-state index contributed by atoms with van der Waals surface area (Å²) in [4.78, 5) is 17.7. The summed E-state index contributed by atoms with van der Waals surface area (Å²) in [5.41, 5.74) is -0.303. The van der Waals surface area contributed by atoms with Crippen LogP contribution in [-0.4, -0.2) is 44.7 Å². The molecule has 1 aliphatic rings. The molecule has 18 heavy (non-hydrogen) atoms. The Hall–Kier alpha value is -1.62. The number of likely N-dealkylation sites (tertiary alicyclic amines) is 1. The van der Waals surface area contributed by atoms with Gasteiger partial charge in [0.05, 0.1) is 17.4 Å². The molecule has 5 heteroatoms. The second-order valence-electron chi connectivity index (χ2n) is 5.07. The molecule has 1 aliphatic heterocycles. The zero-order valence-electron chi connectivity index (χ0n) is 10.5. The molecule has 1 atom stereocenters. The highest BCUT2D eigenvalue weighted by Gasteiger charge is 2.27. The molecular formula is C13H18N2O3. The predicted molar refractivity (Wildman–Crippen MR) is 66.3 cm³/mol. The molecule has 1 aromatic rings. The SMILES string of the molecule is CC1(O)CCCN(C(=O)c2cncc(O)c2)CC1. The minimum atomic E-state index is -0.688. The highest BCUT2D eigenvalue weighted by molar-refractivity contribution is 5.94. The zero-order valence-corrected chi connectivity index (χ0v) is 10.5. The van der Waals surface area contributed by atoms with Gasteiger partial charge in [0.15, 0.2) is 0 Å². The number of aromatic nitrogens is 1. The van der Waals surface area contributed by atoms with E-state index >= 15 is 0 Å². The molecule has 2 heterocycles. The van der Waals surface area contributed by atoms with Crippen molar-refractivity contribution in [2.24, 2.45) is 0 Å². The summed E-state index contributed by atoms with van der Waals surface area (Å²) in [5.74, 6) is -0.154. The van der Waals surface area contributed by atoms with E-state index in [4.69, 9.17) is 0 Å². The number of aliphatic hydroxyl groups is 1. The summed E-state index contributed by atoms with van der Waals surface area (Å²) < 4.78 is 0. The van der Waals surface area contributed by atoms with Crippen LogP contribution < -0.4 is 0 Å². The molecule has 2 N–H and O–H groups in total. The smallest absolute Gasteiger partial charge is 0.255 e. The largest absolute Gasteiger partial charge is 0.506 e. The van der Waals surface area contributed by atoms with Crippen molar-refractivity contribution in [1.82, 2.24) is 9.88 Å². The van der Waals surface area contributed by atoms with Gasteiger partial charge in [-0.3, -0.25) is 9.78 Å². The summed E-state index contributed by atoms with van der Waals surface area (Å²) in [6, 6.07) is 1.42. The van der Waals surface area contributed by atoms with E-state index < -0.39 is 5.60 Å². The van der Waals surface area contributed by atoms with E-state index in [9.17, 15) is 15.0 Å². The van der Waals surface area contributed by atoms with Crippen molar-refractivity contribution >= 4 is 5.91 Å². The van der Waals surface area contributed by atoms with Gasteiger partial charge in [-0.1, -0.05) is 0 Å². The van der Waals surface area contributed by atoms with E-state index in [1.54, 1.807) is 11.8 Å². The third-order valence-corrected chi connectivity index (χ3v) is 3.32. The fourth-order valence-corrected chi connectivity index (χ4v) is 2.19. The van der Waals surface area contributed by atoms with Gasteiger partial charge in [0.2, 0.25) is 0 Å². The van der Waals surface area contributed by atoms with Crippen LogP contribution in [0.5, 0.6) is 5.75 Å². The minimum Gasteiger partial charge on any atom is -0.506 e. The van der Waals surface area contributed by atoms with Crippen LogP contribution in [0.25, 0.3) is 0 Å². The lowest BCUT2D eigenvalue weighted by molar-refractivity contribution is 0.0438. The van der Waals surface area contributed by atoms with Gasteiger partial charge in [-0.2, -0.15) is 0 Å². The third-order valence-electron chi connectivity index (χ3n) is 3.32. The van der Waals surface area contributed by atoms with Gasteiger partial charge in [-0.05, 0) is 32.3 Å². The molecule has 1 fully saturated rings. The molecule has 0 aliphatic carbocycles. The molecular weight excluding hydrogens is 232 g/mol. The second kappa shape index (κ2) is 4.94. The average Bonchev–Trinajstić information content (AvgIpc) is 2.49. The lowest BCUT2D eigenvalue weighted by atomic mass is 9.98. The first kappa shape index (κ1) is 12.8. The molecule has 0 bridgehead atoms. The van der Waals surface area contributed by atoms with E-state index in [0.29, 0.717) is 31.5 Å². The third kappa shape index (κ3) is 2.98. The molecule has 0 spiro atoms. The molecule has 98 valence electrons. The lowest BCUT2D eigenvalue weighted by Gasteiger charge is -2.22. The minimum absolute atomic E-state index is 0.0114. The zero-order chi connectivity index (χ0) is 13.2. The summed E-state index contributed by atoms with van der Waals surface area (Å²) in [6.45, 7) is 2.96. The fraction of sp³-hybridized carbons (Fsp3) is 0.538. The van der Waals surface area contributed by atoms with E-state index in [2.05, 4.69) is 4.98 Å². The highest BCUT2D eigenvalue weighted by atomic mass is 16.3. The van der Waals surface area contributed by atoms with Gasteiger partial charge in [0, 0.05) is 19.3 Å². The molecule has 1 unspecified atom stereocenters. The van der Waals surface area contributed by atoms with Crippen LogP contribution >= 0.6 is 0 Å². The quantitative estimate of drug-likeness (QED) is 0.784. The number of carbonyl (C=O) groups is 1. The summed E-state index contributed by atoms with van der Waals surface area (Å²) in [5, 5.41) is 19.3. The van der Waals surface area contributed by atoms with Gasteiger partial charge in [0.1, 0.15) is 5.75 Å². The van der Waals surface area contributed by atoms with E-state index in [0.717, 1.165) is 6.42 Å². The van der Waals surface area contributed by atoms with Crippen LogP contribution in [0.1, 0.15) is 36.5 Å². The Balaban J connectivity index is 2.10. The maximum absolute atomic E-state index is 12.2. The van der Waals surface area contributed by atoms with Crippen molar-refractivity contribution in [3.63, 3.8) is 0 Å². The normalized spacial score (nSPS) is 24.7. The van der Waals surface area contributed by atoms with E-state index in [-0.39, 0.29) is 11.7 Å². The van der Waals surface area contributed by atoms with E-state index in [1.807, 2.05) is 0 Å². The Bertz CT molecular complexity index is 446. The predicted octanol–water partition coefficient (Wildman–Crippen LogP) is 1.16. The average molecular weight is 250 g/mol. The topological polar surface area (TPSA) is 73.7 Å². The van der Waals surface area contributed by atoms with Crippen molar-refractivity contribution in [2.45, 2.75) is 31.8 Å². The molecule has 0 aromatic carbocycles. The Kier molecular flexibility index (Phi) is 3.52. The molecule has 5 nitrogen and oxygen atoms in total. The lowest BCUT2D eigenvalue weighted by Crippen LogP contribution is -2.33.